The molecule has 1 rings (SSSR count). The van der Waals surface area contributed by atoms with Crippen molar-refractivity contribution in [3.63, 3.8) is 0 Å². The molecular formula is C15H25N2O4+. The van der Waals surface area contributed by atoms with E-state index in [1.54, 1.807) is 25.3 Å². The Morgan fingerprint density at radius 3 is 2.52 bits per heavy atom. The highest BCUT2D eigenvalue weighted by atomic mass is 16.5. The van der Waals surface area contributed by atoms with Crippen LogP contribution < -0.4 is 14.9 Å². The van der Waals surface area contributed by atoms with Crippen LogP contribution in [0, 0.1) is 0 Å². The number of quaternary nitrogens is 1. The van der Waals surface area contributed by atoms with Crippen molar-refractivity contribution in [1.82, 2.24) is 5.43 Å². The highest BCUT2D eigenvalue weighted by molar-refractivity contribution is 5.96. The molecule has 0 aliphatic carbocycles. The lowest BCUT2D eigenvalue weighted by Gasteiger charge is -2.30. The van der Waals surface area contributed by atoms with E-state index in [-0.39, 0.29) is 10.5 Å². The second-order valence-electron chi connectivity index (χ2n) is 5.44. The maximum atomic E-state index is 12.4. The van der Waals surface area contributed by atoms with E-state index in [1.165, 1.54) is 7.11 Å². The minimum atomic E-state index is -0.460. The molecule has 0 saturated heterocycles. The molecule has 1 aromatic carbocycles. The Balaban J connectivity index is 2.88. The van der Waals surface area contributed by atoms with Crippen LogP contribution in [0.1, 0.15) is 23.7 Å². The summed E-state index contributed by atoms with van der Waals surface area (Å²) in [6.07, 6.45) is 0.182. The number of hydrogen-bond donors (Lipinski definition) is 2. The van der Waals surface area contributed by atoms with Crippen molar-refractivity contribution in [1.29, 1.82) is 0 Å². The van der Waals surface area contributed by atoms with E-state index in [0.29, 0.717) is 30.0 Å². The molecule has 6 heteroatoms. The van der Waals surface area contributed by atoms with Crippen molar-refractivity contribution >= 4 is 5.91 Å². The molecule has 0 spiro atoms. The molecular weight excluding hydrogens is 272 g/mol. The zero-order valence-electron chi connectivity index (χ0n) is 13.3. The van der Waals surface area contributed by atoms with Gasteiger partial charge in [0, 0.05) is 6.07 Å². The van der Waals surface area contributed by atoms with Crippen LogP contribution in [0.3, 0.4) is 0 Å². The van der Waals surface area contributed by atoms with Gasteiger partial charge in [-0.2, -0.15) is 5.43 Å². The Morgan fingerprint density at radius 1 is 1.33 bits per heavy atom. The SMILES string of the molecule is CCC(O)C[N+](C)(C)NC(=O)c1ccc(OC)cc1OC. The van der Waals surface area contributed by atoms with Crippen molar-refractivity contribution in [2.45, 2.75) is 19.4 Å². The molecule has 1 atom stereocenters. The van der Waals surface area contributed by atoms with Crippen molar-refractivity contribution in [2.75, 3.05) is 34.9 Å². The van der Waals surface area contributed by atoms with Crippen molar-refractivity contribution in [2.24, 2.45) is 0 Å². The van der Waals surface area contributed by atoms with E-state index < -0.39 is 6.10 Å². The van der Waals surface area contributed by atoms with Gasteiger partial charge in [0.05, 0.1) is 33.9 Å². The molecule has 2 N–H and O–H groups in total. The van der Waals surface area contributed by atoms with E-state index in [1.807, 2.05) is 21.0 Å². The molecule has 0 fully saturated rings. The summed E-state index contributed by atoms with van der Waals surface area (Å²) in [5.74, 6) is 0.809. The van der Waals surface area contributed by atoms with Crippen molar-refractivity contribution in [3.05, 3.63) is 23.8 Å². The van der Waals surface area contributed by atoms with Gasteiger partial charge in [-0.1, -0.05) is 6.92 Å². The third kappa shape index (κ3) is 4.91. The number of benzene rings is 1. The number of hydrogen-bond acceptors (Lipinski definition) is 4. The average molecular weight is 297 g/mol. The highest BCUT2D eigenvalue weighted by Crippen LogP contribution is 2.24. The first-order valence-electron chi connectivity index (χ1n) is 6.88. The fourth-order valence-corrected chi connectivity index (χ4v) is 2.02. The zero-order chi connectivity index (χ0) is 16.0. The molecule has 1 unspecified atom stereocenters. The van der Waals surface area contributed by atoms with Crippen LogP contribution in [-0.2, 0) is 0 Å². The maximum Gasteiger partial charge on any atom is 0.299 e. The van der Waals surface area contributed by atoms with E-state index in [2.05, 4.69) is 5.43 Å². The summed E-state index contributed by atoms with van der Waals surface area (Å²) in [5, 5.41) is 9.74. The molecule has 0 aromatic heterocycles. The molecule has 0 heterocycles. The van der Waals surface area contributed by atoms with E-state index in [4.69, 9.17) is 9.47 Å². The van der Waals surface area contributed by atoms with Gasteiger partial charge in [0.1, 0.15) is 24.1 Å². The summed E-state index contributed by atoms with van der Waals surface area (Å²) in [4.78, 5) is 12.4. The monoisotopic (exact) mass is 297 g/mol. The van der Waals surface area contributed by atoms with Crippen LogP contribution in [0.25, 0.3) is 0 Å². The van der Waals surface area contributed by atoms with E-state index in [0.717, 1.165) is 0 Å². The van der Waals surface area contributed by atoms with Crippen LogP contribution in [0.15, 0.2) is 18.2 Å². The summed E-state index contributed by atoms with van der Waals surface area (Å²) in [7, 11) is 6.71. The molecule has 21 heavy (non-hydrogen) atoms. The molecule has 1 aromatic rings. The van der Waals surface area contributed by atoms with Crippen molar-refractivity contribution in [3.8, 4) is 11.5 Å². The standard InChI is InChI=1S/C15H24N2O4/c1-6-11(18)10-17(2,3)16-15(19)13-8-7-12(20-4)9-14(13)21-5/h7-9,11,18H,6,10H2,1-5H3/p+1. The predicted octanol–water partition coefficient (Wildman–Crippen LogP) is 1.20. The molecule has 0 radical (unpaired) electrons. The Kier molecular flexibility index (Phi) is 5.99. The Hall–Kier alpha value is -1.79. The quantitative estimate of drug-likeness (QED) is 0.586. The third-order valence-electron chi connectivity index (χ3n) is 3.20. The number of aliphatic hydroxyl groups is 1. The van der Waals surface area contributed by atoms with Crippen LogP contribution in [0.2, 0.25) is 0 Å². The number of nitrogens with one attached hydrogen (secondary N) is 1. The molecule has 6 nitrogen and oxygen atoms in total. The van der Waals surface area contributed by atoms with E-state index in [9.17, 15) is 9.90 Å². The second kappa shape index (κ2) is 7.28. The average Bonchev–Trinajstić information content (AvgIpc) is 2.45. The largest absolute Gasteiger partial charge is 0.497 e. The normalized spacial score (nSPS) is 12.7. The lowest BCUT2D eigenvalue weighted by molar-refractivity contribution is -0.927. The minimum absolute atomic E-state index is 0.184. The van der Waals surface area contributed by atoms with Crippen LogP contribution >= 0.6 is 0 Å². The number of nitrogens with zero attached hydrogens (tertiary/aromatic N) is 1. The van der Waals surface area contributed by atoms with Gasteiger partial charge in [-0.25, -0.2) is 4.59 Å². The molecule has 0 aliphatic heterocycles. The molecule has 0 bridgehead atoms. The van der Waals surface area contributed by atoms with Gasteiger partial charge in [0.25, 0.3) is 5.91 Å². The first-order valence-corrected chi connectivity index (χ1v) is 6.88. The van der Waals surface area contributed by atoms with Crippen LogP contribution in [0.4, 0.5) is 0 Å². The van der Waals surface area contributed by atoms with Gasteiger partial charge in [0.15, 0.2) is 0 Å². The summed E-state index contributed by atoms with van der Waals surface area (Å²) >= 11 is 0. The van der Waals surface area contributed by atoms with Gasteiger partial charge in [-0.05, 0) is 18.6 Å². The molecule has 118 valence electrons. The number of carbonyl (C=O) groups is 1. The van der Waals surface area contributed by atoms with Gasteiger partial charge in [-0.15, -0.1) is 0 Å². The van der Waals surface area contributed by atoms with Crippen molar-refractivity contribution < 1.29 is 24.0 Å². The summed E-state index contributed by atoms with van der Waals surface area (Å²) < 4.78 is 10.5. The number of methoxy groups -OCH3 is 2. The summed E-state index contributed by atoms with van der Waals surface area (Å²) in [6.45, 7) is 2.33. The maximum absolute atomic E-state index is 12.4. The number of rotatable bonds is 7. The number of amides is 1. The first-order chi connectivity index (χ1) is 9.82. The minimum Gasteiger partial charge on any atom is -0.497 e. The zero-order valence-corrected chi connectivity index (χ0v) is 13.3. The van der Waals surface area contributed by atoms with Crippen LogP contribution in [0.5, 0.6) is 11.5 Å². The van der Waals surface area contributed by atoms with Gasteiger partial charge in [0.2, 0.25) is 0 Å². The third-order valence-corrected chi connectivity index (χ3v) is 3.20. The smallest absolute Gasteiger partial charge is 0.299 e. The number of carbonyl (C=O) groups excluding carboxylic acids is 1. The lowest BCUT2D eigenvalue weighted by atomic mass is 10.2. The Bertz CT molecular complexity index is 489. The first kappa shape index (κ1) is 17.3. The lowest BCUT2D eigenvalue weighted by Crippen LogP contribution is -2.57. The fourth-order valence-electron chi connectivity index (χ4n) is 2.02. The number of ether oxygens (including phenoxy) is 2. The summed E-state index contributed by atoms with van der Waals surface area (Å²) in [6, 6.07) is 5.03. The Labute approximate surface area is 125 Å². The highest BCUT2D eigenvalue weighted by Gasteiger charge is 2.25. The second-order valence-corrected chi connectivity index (χ2v) is 5.44. The topological polar surface area (TPSA) is 67.8 Å². The van der Waals surface area contributed by atoms with Gasteiger partial charge in [-0.3, -0.25) is 4.79 Å². The number of aliphatic hydroxyl groups excluding tert-OH is 1. The molecule has 0 saturated carbocycles. The molecule has 0 aliphatic rings. The predicted molar refractivity (Wildman–Crippen MR) is 80.3 cm³/mol. The number of likely N-dealkylation sites (N-methyl/N-ethyl adjacent to an activating group) is 1. The van der Waals surface area contributed by atoms with Gasteiger partial charge < -0.3 is 14.6 Å². The van der Waals surface area contributed by atoms with Crippen LogP contribution in [-0.4, -0.2) is 56.6 Å². The molecule has 1 amide bonds. The summed E-state index contributed by atoms with van der Waals surface area (Å²) in [5.41, 5.74) is 3.29. The Morgan fingerprint density at radius 2 is 2.00 bits per heavy atom. The van der Waals surface area contributed by atoms with Gasteiger partial charge >= 0.3 is 0 Å². The fraction of sp³-hybridized carbons (Fsp3) is 0.533. The van der Waals surface area contributed by atoms with E-state index >= 15 is 0 Å².